The summed E-state index contributed by atoms with van der Waals surface area (Å²) in [6, 6.07) is 7.35. The summed E-state index contributed by atoms with van der Waals surface area (Å²) in [5.41, 5.74) is -1.79. The number of fused-ring (bicyclic) bond motifs is 1. The van der Waals surface area contributed by atoms with Crippen molar-refractivity contribution in [2.75, 3.05) is 20.3 Å². The summed E-state index contributed by atoms with van der Waals surface area (Å²) in [6.07, 6.45) is 3.92. The van der Waals surface area contributed by atoms with Crippen LogP contribution in [0.2, 0.25) is 51.4 Å². The maximum Gasteiger partial charge on any atom is 0.187 e. The second-order valence-corrected chi connectivity index (χ2v) is 28.1. The molecule has 0 aliphatic carbocycles. The van der Waals surface area contributed by atoms with Gasteiger partial charge in [0.25, 0.3) is 0 Å². The monoisotopic (exact) mass is 777 g/mol. The summed E-state index contributed by atoms with van der Waals surface area (Å²) in [5, 5.41) is 4.97. The van der Waals surface area contributed by atoms with Gasteiger partial charge < -0.3 is 18.8 Å². The second kappa shape index (κ2) is 15.6. The number of imidazole rings is 1. The number of ether oxygens (including phenoxy) is 3. The molecule has 280 valence electrons. The van der Waals surface area contributed by atoms with Crippen LogP contribution in [-0.2, 0) is 38.5 Å². The molecule has 0 saturated carbocycles. The van der Waals surface area contributed by atoms with Gasteiger partial charge in [-0.15, -0.1) is 0 Å². The van der Waals surface area contributed by atoms with E-state index >= 15 is 13.2 Å². The first-order valence-electron chi connectivity index (χ1n) is 16.7. The van der Waals surface area contributed by atoms with Crippen molar-refractivity contribution in [3.05, 3.63) is 77.9 Å². The molecule has 5 aromatic rings. The molecule has 52 heavy (non-hydrogen) atoms. The summed E-state index contributed by atoms with van der Waals surface area (Å²) in [4.78, 5) is 7.61. The zero-order valence-electron chi connectivity index (χ0n) is 30.3. The van der Waals surface area contributed by atoms with E-state index in [0.717, 1.165) is 30.3 Å². The molecule has 3 heterocycles. The lowest BCUT2D eigenvalue weighted by Gasteiger charge is -2.16. The fourth-order valence-electron chi connectivity index (χ4n) is 5.39. The molecule has 2 aromatic carbocycles. The molecule has 0 atom stereocenters. The predicted octanol–water partition coefficient (Wildman–Crippen LogP) is 8.13. The molecule has 3 aromatic heterocycles. The zero-order chi connectivity index (χ0) is 38.0. The summed E-state index contributed by atoms with van der Waals surface area (Å²) < 4.78 is 109. The molecule has 0 amide bonds. The van der Waals surface area contributed by atoms with Gasteiger partial charge in [-0.25, -0.2) is 35.6 Å². The van der Waals surface area contributed by atoms with Crippen LogP contribution in [0, 0.1) is 23.3 Å². The van der Waals surface area contributed by atoms with Crippen molar-refractivity contribution in [2.24, 2.45) is 0 Å². The predicted molar refractivity (Wildman–Crippen MR) is 196 cm³/mol. The summed E-state index contributed by atoms with van der Waals surface area (Å²) in [6.45, 7) is 14.3. The Labute approximate surface area is 302 Å². The number of hydrogen-bond donors (Lipinski definition) is 0. The highest BCUT2D eigenvalue weighted by molar-refractivity contribution is 7.90. The van der Waals surface area contributed by atoms with E-state index in [4.69, 9.17) is 14.2 Å². The average Bonchev–Trinajstić information content (AvgIpc) is 3.67. The minimum absolute atomic E-state index is 0.0935. The molecule has 0 aliphatic rings. The van der Waals surface area contributed by atoms with Gasteiger partial charge in [0.05, 0.1) is 24.6 Å². The third kappa shape index (κ3) is 8.99. The van der Waals surface area contributed by atoms with E-state index in [1.165, 1.54) is 23.9 Å². The van der Waals surface area contributed by atoms with Gasteiger partial charge in [-0.05, 0) is 36.4 Å². The lowest BCUT2D eigenvalue weighted by Crippen LogP contribution is -2.22. The number of aromatic nitrogens is 5. The van der Waals surface area contributed by atoms with Crippen LogP contribution in [0.4, 0.5) is 17.6 Å². The number of benzene rings is 2. The lowest BCUT2D eigenvalue weighted by molar-refractivity contribution is 0.0812. The van der Waals surface area contributed by atoms with Gasteiger partial charge in [-0.3, -0.25) is 4.98 Å². The summed E-state index contributed by atoms with van der Waals surface area (Å²) in [5.74, 6) is -5.33. The quantitative estimate of drug-likeness (QED) is 0.0562. The van der Waals surface area contributed by atoms with Crippen LogP contribution in [0.15, 0.2) is 53.8 Å². The highest BCUT2D eigenvalue weighted by Gasteiger charge is 2.29. The molecule has 5 rings (SSSR count). The van der Waals surface area contributed by atoms with E-state index in [1.807, 2.05) is 0 Å². The Hall–Kier alpha value is -3.91. The van der Waals surface area contributed by atoms with Crippen LogP contribution < -0.4 is 4.74 Å². The van der Waals surface area contributed by atoms with Gasteiger partial charge in [0.1, 0.15) is 46.9 Å². The van der Waals surface area contributed by atoms with Gasteiger partial charge >= 0.3 is 0 Å². The minimum Gasteiger partial charge on any atom is -0.495 e. The number of hydrogen-bond acceptors (Lipinski definition) is 8. The third-order valence-corrected chi connectivity index (χ3v) is 13.4. The smallest absolute Gasteiger partial charge is 0.187 e. The molecule has 0 bridgehead atoms. The molecular weight excluding hydrogens is 735 g/mol. The van der Waals surface area contributed by atoms with Crippen molar-refractivity contribution in [1.29, 1.82) is 0 Å². The Kier molecular flexibility index (Phi) is 11.8. The number of pyridine rings is 1. The fraction of sp³-hybridized carbons (Fsp3) is 0.400. The zero-order valence-corrected chi connectivity index (χ0v) is 33.1. The Bertz CT molecular complexity index is 2180. The molecular formula is C35H43F4N5O5SSi2. The van der Waals surface area contributed by atoms with Gasteiger partial charge in [0, 0.05) is 52.7 Å². The van der Waals surface area contributed by atoms with Crippen molar-refractivity contribution >= 4 is 36.9 Å². The Morgan fingerprint density at radius 3 is 2.17 bits per heavy atom. The minimum atomic E-state index is -4.46. The van der Waals surface area contributed by atoms with Crippen LogP contribution in [0.1, 0.15) is 5.69 Å². The number of sulfone groups is 1. The first-order chi connectivity index (χ1) is 24.4. The van der Waals surface area contributed by atoms with Gasteiger partial charge in [0.15, 0.2) is 33.1 Å². The Morgan fingerprint density at radius 1 is 0.846 bits per heavy atom. The number of halogens is 4. The molecule has 0 spiro atoms. The van der Waals surface area contributed by atoms with Crippen LogP contribution in [0.25, 0.3) is 33.5 Å². The number of rotatable bonds is 16. The molecule has 0 fully saturated rings. The Balaban J connectivity index is 1.57. The fourth-order valence-corrected chi connectivity index (χ4v) is 8.37. The number of methoxy groups -OCH3 is 1. The van der Waals surface area contributed by atoms with E-state index in [9.17, 15) is 12.8 Å². The van der Waals surface area contributed by atoms with E-state index in [2.05, 4.69) is 54.3 Å². The first-order valence-corrected chi connectivity index (χ1v) is 25.7. The molecule has 17 heteroatoms. The van der Waals surface area contributed by atoms with Crippen LogP contribution in [0.5, 0.6) is 5.75 Å². The standard InChI is InChI=1S/C35H43F4N5O5SSi2/c1-47-28-11-8-23(36)18-29(28)50(45,46)20-27-32(39)30(26(37)19-41-27)24-9-10-25-33(35-40-12-13-43(35)21-48-14-16-51(2,3)4)42-44(34(25)31(24)38)22-49-15-17-52(5,6)7/h8-13,18-19H,14-17,20-22H2,1-7H3. The van der Waals surface area contributed by atoms with Crippen molar-refractivity contribution in [2.45, 2.75) is 75.5 Å². The van der Waals surface area contributed by atoms with E-state index in [1.54, 1.807) is 17.0 Å². The SMILES string of the molecule is COc1ccc(F)cc1S(=O)(=O)Cc1ncc(F)c(-c2ccc3c(-c4nccn4COCC[Si](C)(C)C)nn(COCC[Si](C)(C)C)c3c2F)c1F. The first kappa shape index (κ1) is 39.3. The average molecular weight is 778 g/mol. The highest BCUT2D eigenvalue weighted by atomic mass is 32.2. The van der Waals surface area contributed by atoms with Gasteiger partial charge in [-0.1, -0.05) is 45.3 Å². The highest BCUT2D eigenvalue weighted by Crippen LogP contribution is 2.37. The Morgan fingerprint density at radius 2 is 1.52 bits per heavy atom. The van der Waals surface area contributed by atoms with Crippen LogP contribution in [0.3, 0.4) is 0 Å². The number of nitrogens with zero attached hydrogens (tertiary/aromatic N) is 5. The van der Waals surface area contributed by atoms with Gasteiger partial charge in [-0.2, -0.15) is 5.10 Å². The van der Waals surface area contributed by atoms with E-state index in [-0.39, 0.29) is 24.7 Å². The van der Waals surface area contributed by atoms with Crippen molar-refractivity contribution < 1.29 is 40.2 Å². The maximum atomic E-state index is 16.8. The molecule has 0 unspecified atom stereocenters. The van der Waals surface area contributed by atoms with Crippen molar-refractivity contribution in [3.8, 4) is 28.4 Å². The molecule has 0 radical (unpaired) electrons. The lowest BCUT2D eigenvalue weighted by atomic mass is 10.0. The normalized spacial score (nSPS) is 12.6. The molecule has 0 saturated heterocycles. The third-order valence-electron chi connectivity index (χ3n) is 8.32. The van der Waals surface area contributed by atoms with Crippen molar-refractivity contribution in [3.63, 3.8) is 0 Å². The maximum absolute atomic E-state index is 16.8. The van der Waals surface area contributed by atoms with Gasteiger partial charge in [0.2, 0.25) is 0 Å². The van der Waals surface area contributed by atoms with Crippen LogP contribution >= 0.6 is 0 Å². The van der Waals surface area contributed by atoms with Crippen LogP contribution in [-0.4, -0.2) is 69.2 Å². The van der Waals surface area contributed by atoms with Crippen molar-refractivity contribution in [1.82, 2.24) is 24.3 Å². The topological polar surface area (TPSA) is 110 Å². The molecule has 10 nitrogen and oxygen atoms in total. The van der Waals surface area contributed by atoms with E-state index < -0.39 is 76.7 Å². The summed E-state index contributed by atoms with van der Waals surface area (Å²) >= 11 is 0. The largest absolute Gasteiger partial charge is 0.495 e. The van der Waals surface area contributed by atoms with E-state index in [0.29, 0.717) is 36.3 Å². The second-order valence-electron chi connectivity index (χ2n) is 14.9. The molecule has 0 N–H and O–H groups in total. The molecule has 0 aliphatic heterocycles. The summed E-state index contributed by atoms with van der Waals surface area (Å²) in [7, 11) is -6.05.